The third-order valence-electron chi connectivity index (χ3n) is 4.14. The Hall–Kier alpha value is -1.79. The minimum atomic E-state index is -0.0495. The number of pyridine rings is 1. The molecule has 2 heterocycles. The number of amides is 1. The number of benzene rings is 1. The first-order valence-corrected chi connectivity index (χ1v) is 9.73. The molecule has 0 saturated carbocycles. The normalized spacial score (nSPS) is 14.7. The number of hydrogen-bond donors (Lipinski definition) is 0. The van der Waals surface area contributed by atoms with Crippen LogP contribution in [0.4, 0.5) is 5.82 Å². The number of carbonyl (C=O) groups excluding carboxylic acids is 1. The summed E-state index contributed by atoms with van der Waals surface area (Å²) >= 11 is 9.50. The van der Waals surface area contributed by atoms with Crippen molar-refractivity contribution in [2.24, 2.45) is 0 Å². The van der Waals surface area contributed by atoms with Crippen LogP contribution in [0.15, 0.2) is 41.0 Å². The number of ether oxygens (including phenoxy) is 1. The zero-order valence-corrected chi connectivity index (χ0v) is 17.1. The zero-order chi connectivity index (χ0) is 18.7. The van der Waals surface area contributed by atoms with Gasteiger partial charge in [-0.15, -0.1) is 0 Å². The van der Waals surface area contributed by atoms with Crippen LogP contribution in [0.3, 0.4) is 0 Å². The van der Waals surface area contributed by atoms with Crippen molar-refractivity contribution < 1.29 is 9.53 Å². The lowest BCUT2D eigenvalue weighted by Gasteiger charge is -2.35. The molecule has 0 unspecified atom stereocenters. The second-order valence-electron chi connectivity index (χ2n) is 6.42. The van der Waals surface area contributed by atoms with E-state index in [-0.39, 0.29) is 12.0 Å². The molecule has 1 aliphatic heterocycles. The summed E-state index contributed by atoms with van der Waals surface area (Å²) in [7, 11) is 0. The Morgan fingerprint density at radius 2 is 1.92 bits per heavy atom. The van der Waals surface area contributed by atoms with Crippen LogP contribution in [-0.4, -0.2) is 48.1 Å². The molecule has 1 aromatic carbocycles. The fourth-order valence-electron chi connectivity index (χ4n) is 2.89. The highest BCUT2D eigenvalue weighted by Crippen LogP contribution is 2.26. The van der Waals surface area contributed by atoms with Crippen LogP contribution in [0.2, 0.25) is 5.02 Å². The van der Waals surface area contributed by atoms with Gasteiger partial charge < -0.3 is 14.5 Å². The van der Waals surface area contributed by atoms with Gasteiger partial charge in [-0.25, -0.2) is 4.98 Å². The number of halogens is 2. The van der Waals surface area contributed by atoms with Crippen LogP contribution < -0.4 is 9.64 Å². The molecule has 138 valence electrons. The molecular weight excluding hydrogens is 418 g/mol. The number of anilines is 1. The summed E-state index contributed by atoms with van der Waals surface area (Å²) in [6, 6.07) is 9.14. The largest absolute Gasteiger partial charge is 0.490 e. The predicted octanol–water partition coefficient (Wildman–Crippen LogP) is 4.25. The fraction of sp³-hybridized carbons (Fsp3) is 0.368. The molecule has 26 heavy (non-hydrogen) atoms. The van der Waals surface area contributed by atoms with Gasteiger partial charge in [0, 0.05) is 41.9 Å². The average molecular weight is 439 g/mol. The molecule has 5 nitrogen and oxygen atoms in total. The van der Waals surface area contributed by atoms with E-state index in [2.05, 4.69) is 25.8 Å². The first-order chi connectivity index (χ1) is 12.4. The summed E-state index contributed by atoms with van der Waals surface area (Å²) in [6.45, 7) is 6.61. The Kier molecular flexibility index (Phi) is 6.04. The standard InChI is InChI=1S/C19H21BrClN3O2/c1-13(2)26-17-5-4-15(21)11-16(17)19(25)24-9-7-23(8-10-24)18-6-3-14(20)12-22-18/h3-6,11-13H,7-10H2,1-2H3. The van der Waals surface area contributed by atoms with Gasteiger partial charge in [-0.2, -0.15) is 0 Å². The van der Waals surface area contributed by atoms with Crippen molar-refractivity contribution in [3.8, 4) is 5.75 Å². The second kappa shape index (κ2) is 8.27. The molecule has 0 atom stereocenters. The minimum absolute atomic E-state index is 0.0111. The Balaban J connectivity index is 1.70. The van der Waals surface area contributed by atoms with E-state index >= 15 is 0 Å². The van der Waals surface area contributed by atoms with Gasteiger partial charge in [0.1, 0.15) is 11.6 Å². The monoisotopic (exact) mass is 437 g/mol. The SMILES string of the molecule is CC(C)Oc1ccc(Cl)cc1C(=O)N1CCN(c2ccc(Br)cn2)CC1. The predicted molar refractivity (Wildman–Crippen MR) is 107 cm³/mol. The molecule has 0 bridgehead atoms. The lowest BCUT2D eigenvalue weighted by molar-refractivity contribution is 0.0740. The van der Waals surface area contributed by atoms with Gasteiger partial charge in [0.15, 0.2) is 0 Å². The number of hydrogen-bond acceptors (Lipinski definition) is 4. The maximum atomic E-state index is 13.0. The van der Waals surface area contributed by atoms with Crippen molar-refractivity contribution in [2.45, 2.75) is 20.0 Å². The third-order valence-corrected chi connectivity index (χ3v) is 4.84. The van der Waals surface area contributed by atoms with Gasteiger partial charge in [0.05, 0.1) is 11.7 Å². The summed E-state index contributed by atoms with van der Waals surface area (Å²) in [5.41, 5.74) is 0.515. The number of rotatable bonds is 4. The molecule has 1 amide bonds. The molecule has 2 aromatic rings. The molecule has 1 aliphatic rings. The van der Waals surface area contributed by atoms with Crippen LogP contribution >= 0.6 is 27.5 Å². The Morgan fingerprint density at radius 3 is 2.54 bits per heavy atom. The van der Waals surface area contributed by atoms with Crippen molar-refractivity contribution in [3.63, 3.8) is 0 Å². The summed E-state index contributed by atoms with van der Waals surface area (Å²) in [5, 5.41) is 0.530. The summed E-state index contributed by atoms with van der Waals surface area (Å²) in [5.74, 6) is 1.45. The molecule has 1 saturated heterocycles. The Labute approximate surface area is 167 Å². The quantitative estimate of drug-likeness (QED) is 0.716. The maximum Gasteiger partial charge on any atom is 0.257 e. The van der Waals surface area contributed by atoms with Gasteiger partial charge in [-0.05, 0) is 60.1 Å². The lowest BCUT2D eigenvalue weighted by atomic mass is 10.1. The van der Waals surface area contributed by atoms with Crippen molar-refractivity contribution in [1.82, 2.24) is 9.88 Å². The van der Waals surface area contributed by atoms with Gasteiger partial charge in [-0.3, -0.25) is 4.79 Å². The lowest BCUT2D eigenvalue weighted by Crippen LogP contribution is -2.49. The van der Waals surface area contributed by atoms with Gasteiger partial charge in [-0.1, -0.05) is 11.6 Å². The molecule has 0 radical (unpaired) electrons. The highest BCUT2D eigenvalue weighted by atomic mass is 79.9. The van der Waals surface area contributed by atoms with E-state index in [9.17, 15) is 4.79 Å². The number of nitrogens with zero attached hydrogens (tertiary/aromatic N) is 3. The summed E-state index contributed by atoms with van der Waals surface area (Å²) in [6.07, 6.45) is 1.78. The Morgan fingerprint density at radius 1 is 1.19 bits per heavy atom. The van der Waals surface area contributed by atoms with E-state index in [0.717, 1.165) is 23.4 Å². The third kappa shape index (κ3) is 4.48. The molecule has 7 heteroatoms. The van der Waals surface area contributed by atoms with Gasteiger partial charge in [0.2, 0.25) is 0 Å². The maximum absolute atomic E-state index is 13.0. The number of piperazine rings is 1. The topological polar surface area (TPSA) is 45.7 Å². The first kappa shape index (κ1) is 19.0. The number of carbonyl (C=O) groups is 1. The van der Waals surface area contributed by atoms with Crippen molar-refractivity contribution >= 4 is 39.3 Å². The van der Waals surface area contributed by atoms with Gasteiger partial charge >= 0.3 is 0 Å². The van der Waals surface area contributed by atoms with Crippen molar-refractivity contribution in [1.29, 1.82) is 0 Å². The number of aromatic nitrogens is 1. The van der Waals surface area contributed by atoms with Gasteiger partial charge in [0.25, 0.3) is 5.91 Å². The van der Waals surface area contributed by atoms with Crippen LogP contribution in [0.1, 0.15) is 24.2 Å². The van der Waals surface area contributed by atoms with Crippen molar-refractivity contribution in [2.75, 3.05) is 31.1 Å². The highest BCUT2D eigenvalue weighted by molar-refractivity contribution is 9.10. The first-order valence-electron chi connectivity index (χ1n) is 8.56. The minimum Gasteiger partial charge on any atom is -0.490 e. The average Bonchev–Trinajstić information content (AvgIpc) is 2.63. The van der Waals surface area contributed by atoms with Crippen LogP contribution in [-0.2, 0) is 0 Å². The zero-order valence-electron chi connectivity index (χ0n) is 14.8. The van der Waals surface area contributed by atoms with E-state index in [1.165, 1.54) is 0 Å². The smallest absolute Gasteiger partial charge is 0.257 e. The molecule has 0 N–H and O–H groups in total. The molecule has 1 fully saturated rings. The summed E-state index contributed by atoms with van der Waals surface area (Å²) < 4.78 is 6.74. The van der Waals surface area contributed by atoms with E-state index in [4.69, 9.17) is 16.3 Å². The second-order valence-corrected chi connectivity index (χ2v) is 7.77. The highest BCUT2D eigenvalue weighted by Gasteiger charge is 2.25. The van der Waals surface area contributed by atoms with Crippen LogP contribution in [0.25, 0.3) is 0 Å². The molecular formula is C19H21BrClN3O2. The molecule has 0 aliphatic carbocycles. The summed E-state index contributed by atoms with van der Waals surface area (Å²) in [4.78, 5) is 21.4. The van der Waals surface area contributed by atoms with Crippen LogP contribution in [0, 0.1) is 0 Å². The Bertz CT molecular complexity index is 775. The molecule has 1 aromatic heterocycles. The van der Waals surface area contributed by atoms with E-state index in [1.54, 1.807) is 24.4 Å². The van der Waals surface area contributed by atoms with E-state index < -0.39 is 0 Å². The van der Waals surface area contributed by atoms with E-state index in [1.807, 2.05) is 30.9 Å². The molecule has 3 rings (SSSR count). The van der Waals surface area contributed by atoms with Crippen molar-refractivity contribution in [3.05, 3.63) is 51.6 Å². The fourth-order valence-corrected chi connectivity index (χ4v) is 3.30. The van der Waals surface area contributed by atoms with E-state index in [0.29, 0.717) is 29.4 Å². The van der Waals surface area contributed by atoms with Crippen LogP contribution in [0.5, 0.6) is 5.75 Å². The molecule has 0 spiro atoms.